The van der Waals surface area contributed by atoms with Crippen molar-refractivity contribution in [3.63, 3.8) is 0 Å². The van der Waals surface area contributed by atoms with E-state index in [1.807, 2.05) is 6.92 Å². The third-order valence-corrected chi connectivity index (χ3v) is 7.19. The lowest BCUT2D eigenvalue weighted by Gasteiger charge is -2.39. The zero-order valence-electron chi connectivity index (χ0n) is 12.2. The van der Waals surface area contributed by atoms with Crippen molar-refractivity contribution in [1.29, 1.82) is 0 Å². The first-order valence-electron chi connectivity index (χ1n) is 6.55. The van der Waals surface area contributed by atoms with Crippen molar-refractivity contribution in [2.75, 3.05) is 20.2 Å². The van der Waals surface area contributed by atoms with E-state index >= 15 is 0 Å². The molecule has 1 atom stereocenters. The van der Waals surface area contributed by atoms with Crippen LogP contribution < -0.4 is 0 Å². The summed E-state index contributed by atoms with van der Waals surface area (Å²) in [6.45, 7) is 4.73. The zero-order valence-corrected chi connectivity index (χ0v) is 14.6. The molecule has 118 valence electrons. The van der Waals surface area contributed by atoms with Gasteiger partial charge >= 0.3 is 0 Å². The maximum atomic E-state index is 12.6. The molecule has 0 radical (unpaired) electrons. The molecule has 1 aliphatic rings. The van der Waals surface area contributed by atoms with Gasteiger partial charge in [0.25, 0.3) is 15.0 Å². The largest absolute Gasteiger partial charge is 0.377 e. The molecular formula is C13H18ClNO4S2. The summed E-state index contributed by atoms with van der Waals surface area (Å²) in [5, 5.41) is 1.56. The van der Waals surface area contributed by atoms with E-state index in [0.717, 1.165) is 24.2 Å². The Morgan fingerprint density at radius 2 is 2.19 bits per heavy atom. The van der Waals surface area contributed by atoms with Gasteiger partial charge in [0.1, 0.15) is 4.21 Å². The first-order valence-corrected chi connectivity index (χ1v) is 9.74. The lowest BCUT2D eigenvalue weighted by Crippen LogP contribution is -2.49. The molecule has 8 heteroatoms. The lowest BCUT2D eigenvalue weighted by atomic mass is 9.94. The quantitative estimate of drug-likeness (QED) is 0.785. The molecule has 1 saturated heterocycles. The number of amides is 1. The van der Waals surface area contributed by atoms with E-state index in [1.54, 1.807) is 24.3 Å². The minimum Gasteiger partial charge on any atom is -0.377 e. The second kappa shape index (κ2) is 5.87. The van der Waals surface area contributed by atoms with Crippen LogP contribution in [0.25, 0.3) is 0 Å². The Bertz CT molecular complexity index is 655. The van der Waals surface area contributed by atoms with Gasteiger partial charge in [-0.15, -0.1) is 11.3 Å². The van der Waals surface area contributed by atoms with Crippen LogP contribution in [0.2, 0.25) is 0 Å². The van der Waals surface area contributed by atoms with E-state index in [9.17, 15) is 13.2 Å². The SMILES string of the molecule is COC1(C)CCCN(C(=O)c2csc(S(=O)(=O)Cl)c2C)C1. The third kappa shape index (κ3) is 3.41. The summed E-state index contributed by atoms with van der Waals surface area (Å²) in [4.78, 5) is 14.3. The Balaban J connectivity index is 2.27. The zero-order chi connectivity index (χ0) is 15.8. The van der Waals surface area contributed by atoms with Gasteiger partial charge in [-0.05, 0) is 32.3 Å². The monoisotopic (exact) mass is 351 g/mol. The molecular weight excluding hydrogens is 334 g/mol. The number of halogens is 1. The highest BCUT2D eigenvalue weighted by atomic mass is 35.7. The van der Waals surface area contributed by atoms with Crippen LogP contribution in [0.1, 0.15) is 35.7 Å². The standard InChI is InChI=1S/C13H18ClNO4S2/c1-9-10(7-20-12(9)21(14,17)18)11(16)15-6-4-5-13(2,8-15)19-3/h7H,4-6,8H2,1-3H3. The molecule has 1 fully saturated rings. The van der Waals surface area contributed by atoms with Crippen LogP contribution in [-0.4, -0.2) is 45.0 Å². The molecule has 1 aliphatic heterocycles. The van der Waals surface area contributed by atoms with Crippen molar-refractivity contribution in [3.8, 4) is 0 Å². The maximum absolute atomic E-state index is 12.6. The van der Waals surface area contributed by atoms with Crippen molar-refractivity contribution < 1.29 is 17.9 Å². The molecule has 1 unspecified atom stereocenters. The van der Waals surface area contributed by atoms with Crippen LogP contribution >= 0.6 is 22.0 Å². The van der Waals surface area contributed by atoms with Gasteiger partial charge in [-0.1, -0.05) is 0 Å². The fourth-order valence-electron chi connectivity index (χ4n) is 2.57. The first-order chi connectivity index (χ1) is 9.68. The number of hydrogen-bond donors (Lipinski definition) is 0. The van der Waals surface area contributed by atoms with E-state index in [1.165, 1.54) is 0 Å². The molecule has 0 N–H and O–H groups in total. The summed E-state index contributed by atoms with van der Waals surface area (Å²) >= 11 is 0.982. The van der Waals surface area contributed by atoms with E-state index in [2.05, 4.69) is 0 Å². The highest BCUT2D eigenvalue weighted by molar-refractivity contribution is 8.15. The van der Waals surface area contributed by atoms with Gasteiger partial charge in [-0.25, -0.2) is 8.42 Å². The van der Waals surface area contributed by atoms with Crippen LogP contribution in [0.3, 0.4) is 0 Å². The summed E-state index contributed by atoms with van der Waals surface area (Å²) in [5.74, 6) is -0.168. The summed E-state index contributed by atoms with van der Waals surface area (Å²) in [6, 6.07) is 0. The van der Waals surface area contributed by atoms with Crippen LogP contribution in [0.4, 0.5) is 0 Å². The molecule has 0 aliphatic carbocycles. The minimum atomic E-state index is -3.81. The molecule has 5 nitrogen and oxygen atoms in total. The Labute approximate surface area is 133 Å². The van der Waals surface area contributed by atoms with E-state index in [4.69, 9.17) is 15.4 Å². The Morgan fingerprint density at radius 3 is 2.71 bits per heavy atom. The van der Waals surface area contributed by atoms with Crippen LogP contribution in [0, 0.1) is 6.92 Å². The number of methoxy groups -OCH3 is 1. The van der Waals surface area contributed by atoms with Crippen molar-refractivity contribution in [1.82, 2.24) is 4.90 Å². The average Bonchev–Trinajstić information content (AvgIpc) is 2.80. The van der Waals surface area contributed by atoms with E-state index in [0.29, 0.717) is 24.2 Å². The van der Waals surface area contributed by atoms with Crippen LogP contribution in [-0.2, 0) is 13.8 Å². The Kier molecular flexibility index (Phi) is 4.68. The number of likely N-dealkylation sites (tertiary alicyclic amines) is 1. The van der Waals surface area contributed by atoms with Gasteiger partial charge in [-0.2, -0.15) is 0 Å². The maximum Gasteiger partial charge on any atom is 0.271 e. The van der Waals surface area contributed by atoms with Crippen LogP contribution in [0.15, 0.2) is 9.59 Å². The molecule has 1 aromatic heterocycles. The Hall–Kier alpha value is -0.630. The topological polar surface area (TPSA) is 63.7 Å². The molecule has 0 aromatic carbocycles. The van der Waals surface area contributed by atoms with Gasteiger partial charge in [0, 0.05) is 36.3 Å². The lowest BCUT2D eigenvalue weighted by molar-refractivity contribution is -0.0440. The fourth-order valence-corrected chi connectivity index (χ4v) is 5.11. The summed E-state index contributed by atoms with van der Waals surface area (Å²) < 4.78 is 28.4. The molecule has 2 heterocycles. The molecule has 0 saturated carbocycles. The highest BCUT2D eigenvalue weighted by Crippen LogP contribution is 2.31. The number of thiophene rings is 1. The summed E-state index contributed by atoms with van der Waals surface area (Å²) in [5.41, 5.74) is 0.475. The van der Waals surface area contributed by atoms with Gasteiger partial charge in [0.15, 0.2) is 0 Å². The molecule has 0 bridgehead atoms. The number of rotatable bonds is 3. The summed E-state index contributed by atoms with van der Waals surface area (Å²) in [7, 11) is 3.20. The predicted octanol–water partition coefficient (Wildman–Crippen LogP) is 2.63. The normalized spacial score (nSPS) is 23.3. The van der Waals surface area contributed by atoms with E-state index < -0.39 is 9.05 Å². The molecule has 0 spiro atoms. The highest BCUT2D eigenvalue weighted by Gasteiger charge is 2.34. The van der Waals surface area contributed by atoms with Crippen molar-refractivity contribution in [2.24, 2.45) is 0 Å². The van der Waals surface area contributed by atoms with Gasteiger partial charge < -0.3 is 9.64 Å². The molecule has 1 aromatic rings. The second-order valence-corrected chi connectivity index (χ2v) is 9.12. The minimum absolute atomic E-state index is 0.0408. The first kappa shape index (κ1) is 16.7. The number of ether oxygens (including phenoxy) is 1. The van der Waals surface area contributed by atoms with Gasteiger partial charge in [-0.3, -0.25) is 4.79 Å². The number of nitrogens with zero attached hydrogens (tertiary/aromatic N) is 1. The predicted molar refractivity (Wildman–Crippen MR) is 82.6 cm³/mol. The number of hydrogen-bond acceptors (Lipinski definition) is 5. The molecule has 2 rings (SSSR count). The van der Waals surface area contributed by atoms with Gasteiger partial charge in [0.05, 0.1) is 11.2 Å². The van der Waals surface area contributed by atoms with Crippen LogP contribution in [0.5, 0.6) is 0 Å². The smallest absolute Gasteiger partial charge is 0.271 e. The average molecular weight is 352 g/mol. The number of carbonyl (C=O) groups is 1. The number of carbonyl (C=O) groups excluding carboxylic acids is 1. The molecule has 1 amide bonds. The summed E-state index contributed by atoms with van der Waals surface area (Å²) in [6.07, 6.45) is 1.76. The second-order valence-electron chi connectivity index (χ2n) is 5.48. The van der Waals surface area contributed by atoms with E-state index in [-0.39, 0.29) is 15.7 Å². The number of piperidine rings is 1. The van der Waals surface area contributed by atoms with Gasteiger partial charge in [0.2, 0.25) is 0 Å². The fraction of sp³-hybridized carbons (Fsp3) is 0.615. The Morgan fingerprint density at radius 1 is 1.52 bits per heavy atom. The third-order valence-electron chi connectivity index (χ3n) is 3.88. The van der Waals surface area contributed by atoms with Crippen molar-refractivity contribution in [2.45, 2.75) is 36.5 Å². The van der Waals surface area contributed by atoms with Crippen molar-refractivity contribution >= 4 is 37.0 Å². The van der Waals surface area contributed by atoms with Crippen molar-refractivity contribution in [3.05, 3.63) is 16.5 Å². The molecule has 21 heavy (non-hydrogen) atoms.